The minimum Gasteiger partial charge on any atom is -0.434 e. The van der Waals surface area contributed by atoms with Gasteiger partial charge in [-0.25, -0.2) is 4.98 Å². The van der Waals surface area contributed by atoms with Gasteiger partial charge in [0.1, 0.15) is 11.6 Å². The van der Waals surface area contributed by atoms with E-state index in [0.29, 0.717) is 26.2 Å². The van der Waals surface area contributed by atoms with Crippen molar-refractivity contribution < 1.29 is 18.3 Å². The third-order valence-electron chi connectivity index (χ3n) is 4.12. The maximum atomic E-state index is 12.7. The number of alkyl halides is 2. The first-order chi connectivity index (χ1) is 12.5. The van der Waals surface area contributed by atoms with Gasteiger partial charge < -0.3 is 14.5 Å². The summed E-state index contributed by atoms with van der Waals surface area (Å²) in [5.74, 6) is 0.692. The highest BCUT2D eigenvalue weighted by Crippen LogP contribution is 2.25. The lowest BCUT2D eigenvalue weighted by molar-refractivity contribution is -0.0502. The van der Waals surface area contributed by atoms with E-state index in [-0.39, 0.29) is 23.1 Å². The van der Waals surface area contributed by atoms with Gasteiger partial charge in [-0.2, -0.15) is 13.2 Å². The van der Waals surface area contributed by atoms with Crippen molar-refractivity contribution in [2.75, 3.05) is 31.1 Å². The van der Waals surface area contributed by atoms with E-state index in [1.807, 2.05) is 13.8 Å². The molecule has 3 rings (SSSR count). The van der Waals surface area contributed by atoms with E-state index >= 15 is 0 Å². The second-order valence-electron chi connectivity index (χ2n) is 6.24. The average Bonchev–Trinajstić information content (AvgIpc) is 3.12. The van der Waals surface area contributed by atoms with Gasteiger partial charge in [-0.1, -0.05) is 26.0 Å². The van der Waals surface area contributed by atoms with Gasteiger partial charge in [0.15, 0.2) is 0 Å². The highest BCUT2D eigenvalue weighted by Gasteiger charge is 2.26. The highest BCUT2D eigenvalue weighted by atomic mass is 32.1. The fourth-order valence-electron chi connectivity index (χ4n) is 2.70. The molecule has 0 bridgehead atoms. The molecule has 2 aromatic rings. The molecule has 0 spiro atoms. The number of para-hydroxylation sites is 1. The molecule has 0 saturated carbocycles. The van der Waals surface area contributed by atoms with Crippen LogP contribution in [0.25, 0.3) is 0 Å². The quantitative estimate of drug-likeness (QED) is 0.795. The smallest absolute Gasteiger partial charge is 0.387 e. The monoisotopic (exact) mass is 382 g/mol. The minimum atomic E-state index is -2.96. The van der Waals surface area contributed by atoms with E-state index in [4.69, 9.17) is 0 Å². The molecule has 1 aromatic carbocycles. The number of aromatic nitrogens is 2. The van der Waals surface area contributed by atoms with Crippen molar-refractivity contribution in [3.05, 3.63) is 35.7 Å². The van der Waals surface area contributed by atoms with Crippen molar-refractivity contribution in [1.82, 2.24) is 14.3 Å². The maximum absolute atomic E-state index is 12.7. The number of amides is 1. The number of ether oxygens (including phenoxy) is 1. The van der Waals surface area contributed by atoms with Gasteiger partial charge >= 0.3 is 6.61 Å². The van der Waals surface area contributed by atoms with Crippen LogP contribution in [-0.4, -0.2) is 53.0 Å². The largest absolute Gasteiger partial charge is 0.434 e. The van der Waals surface area contributed by atoms with Crippen molar-refractivity contribution in [1.29, 1.82) is 0 Å². The molecule has 0 aliphatic carbocycles. The first-order valence-corrected chi connectivity index (χ1v) is 9.14. The van der Waals surface area contributed by atoms with Gasteiger partial charge in [0.05, 0.1) is 5.56 Å². The van der Waals surface area contributed by atoms with Crippen LogP contribution >= 0.6 is 11.5 Å². The molecule has 1 aliphatic rings. The maximum Gasteiger partial charge on any atom is 0.387 e. The van der Waals surface area contributed by atoms with Crippen molar-refractivity contribution in [3.8, 4) is 5.75 Å². The van der Waals surface area contributed by atoms with Gasteiger partial charge in [-0.3, -0.25) is 4.79 Å². The fraction of sp³-hybridized carbons (Fsp3) is 0.471. The average molecular weight is 382 g/mol. The topological polar surface area (TPSA) is 58.6 Å². The molecule has 0 unspecified atom stereocenters. The standard InChI is InChI=1S/C17H20F2N4O2S/c1-11(2)14-20-17(26-21-14)23-9-7-22(8-10-23)15(24)12-5-3-4-6-13(12)25-16(18)19/h3-6,11,16H,7-10H2,1-2H3. The summed E-state index contributed by atoms with van der Waals surface area (Å²) in [6.45, 7) is 3.33. The number of hydrogen-bond acceptors (Lipinski definition) is 6. The van der Waals surface area contributed by atoms with Crippen LogP contribution in [0.5, 0.6) is 5.75 Å². The van der Waals surface area contributed by atoms with Crippen molar-refractivity contribution >= 4 is 22.6 Å². The number of halogens is 2. The zero-order valence-electron chi connectivity index (χ0n) is 14.6. The van der Waals surface area contributed by atoms with Gasteiger partial charge in [-0.05, 0) is 12.1 Å². The van der Waals surface area contributed by atoms with E-state index in [1.165, 1.54) is 23.7 Å². The summed E-state index contributed by atoms with van der Waals surface area (Å²) < 4.78 is 33.9. The van der Waals surface area contributed by atoms with Crippen molar-refractivity contribution in [2.24, 2.45) is 0 Å². The number of anilines is 1. The van der Waals surface area contributed by atoms with E-state index in [9.17, 15) is 13.6 Å². The van der Waals surface area contributed by atoms with E-state index in [2.05, 4.69) is 19.0 Å². The predicted molar refractivity (Wildman–Crippen MR) is 95.2 cm³/mol. The Morgan fingerprint density at radius 2 is 1.88 bits per heavy atom. The summed E-state index contributed by atoms with van der Waals surface area (Å²) in [4.78, 5) is 21.0. The molecule has 1 fully saturated rings. The van der Waals surface area contributed by atoms with Crippen LogP contribution in [0.2, 0.25) is 0 Å². The lowest BCUT2D eigenvalue weighted by atomic mass is 10.1. The number of piperazine rings is 1. The second-order valence-corrected chi connectivity index (χ2v) is 6.97. The number of carbonyl (C=O) groups excluding carboxylic acids is 1. The zero-order valence-corrected chi connectivity index (χ0v) is 15.4. The van der Waals surface area contributed by atoms with Crippen LogP contribution < -0.4 is 9.64 Å². The molecule has 140 valence electrons. The molecule has 6 nitrogen and oxygen atoms in total. The first-order valence-electron chi connectivity index (χ1n) is 8.37. The summed E-state index contributed by atoms with van der Waals surface area (Å²) in [7, 11) is 0. The Kier molecular flexibility index (Phi) is 5.65. The van der Waals surface area contributed by atoms with E-state index in [1.54, 1.807) is 17.0 Å². The van der Waals surface area contributed by atoms with Crippen molar-refractivity contribution in [2.45, 2.75) is 26.4 Å². The van der Waals surface area contributed by atoms with Crippen LogP contribution in [-0.2, 0) is 0 Å². The number of carbonyl (C=O) groups is 1. The van der Waals surface area contributed by atoms with Crippen LogP contribution in [0.3, 0.4) is 0 Å². The fourth-order valence-corrected chi connectivity index (χ4v) is 3.56. The summed E-state index contributed by atoms with van der Waals surface area (Å²) in [6, 6.07) is 6.08. The summed E-state index contributed by atoms with van der Waals surface area (Å²) in [6.07, 6.45) is 0. The first kappa shape index (κ1) is 18.5. The molecule has 1 amide bonds. The Morgan fingerprint density at radius 3 is 2.50 bits per heavy atom. The van der Waals surface area contributed by atoms with Gasteiger partial charge in [0.2, 0.25) is 5.13 Å². The van der Waals surface area contributed by atoms with E-state index < -0.39 is 6.61 Å². The normalized spacial score (nSPS) is 15.0. The van der Waals surface area contributed by atoms with Crippen LogP contribution in [0.4, 0.5) is 13.9 Å². The number of benzene rings is 1. The predicted octanol–water partition coefficient (Wildman–Crippen LogP) is 3.23. The van der Waals surface area contributed by atoms with Gasteiger partial charge in [0, 0.05) is 43.6 Å². The molecular formula is C17H20F2N4O2S. The Morgan fingerprint density at radius 1 is 1.19 bits per heavy atom. The molecule has 1 aliphatic heterocycles. The Balaban J connectivity index is 1.65. The zero-order chi connectivity index (χ0) is 18.7. The van der Waals surface area contributed by atoms with Crippen LogP contribution in [0.15, 0.2) is 24.3 Å². The second kappa shape index (κ2) is 7.94. The number of hydrogen-bond donors (Lipinski definition) is 0. The van der Waals surface area contributed by atoms with E-state index in [0.717, 1.165) is 11.0 Å². The lowest BCUT2D eigenvalue weighted by Crippen LogP contribution is -2.48. The van der Waals surface area contributed by atoms with Crippen LogP contribution in [0, 0.1) is 0 Å². The summed E-state index contributed by atoms with van der Waals surface area (Å²) >= 11 is 1.36. The Labute approximate surface area is 154 Å². The molecule has 1 aromatic heterocycles. The third-order valence-corrected chi connectivity index (χ3v) is 4.91. The summed E-state index contributed by atoms with van der Waals surface area (Å²) in [5.41, 5.74) is 0.152. The molecule has 2 heterocycles. The minimum absolute atomic E-state index is 0.0966. The van der Waals surface area contributed by atoms with Gasteiger partial charge in [-0.15, -0.1) is 0 Å². The van der Waals surface area contributed by atoms with Gasteiger partial charge in [0.25, 0.3) is 5.91 Å². The molecule has 26 heavy (non-hydrogen) atoms. The molecule has 9 heteroatoms. The van der Waals surface area contributed by atoms with Crippen LogP contribution in [0.1, 0.15) is 35.9 Å². The Hall–Kier alpha value is -2.29. The Bertz CT molecular complexity index is 761. The number of rotatable bonds is 5. The molecule has 0 atom stereocenters. The third kappa shape index (κ3) is 4.09. The summed E-state index contributed by atoms with van der Waals surface area (Å²) in [5, 5.41) is 0.849. The molecular weight excluding hydrogens is 362 g/mol. The molecule has 0 radical (unpaired) electrons. The van der Waals surface area contributed by atoms with Crippen molar-refractivity contribution in [3.63, 3.8) is 0 Å². The molecule has 1 saturated heterocycles. The number of nitrogens with zero attached hydrogens (tertiary/aromatic N) is 4. The highest BCUT2D eigenvalue weighted by molar-refractivity contribution is 7.09. The lowest BCUT2D eigenvalue weighted by Gasteiger charge is -2.34. The SMILES string of the molecule is CC(C)c1nsc(N2CCN(C(=O)c3ccccc3OC(F)F)CC2)n1. The molecule has 0 N–H and O–H groups in total.